The third kappa shape index (κ3) is 3.54. The number of fused-ring (bicyclic) bond motifs is 1. The Hall–Kier alpha value is -2.50. The van der Waals surface area contributed by atoms with Crippen LogP contribution in [0.3, 0.4) is 0 Å². The lowest BCUT2D eigenvalue weighted by molar-refractivity contribution is -0.134. The van der Waals surface area contributed by atoms with Crippen LogP contribution in [0.5, 0.6) is 5.75 Å². The van der Waals surface area contributed by atoms with Crippen LogP contribution in [0.2, 0.25) is 0 Å². The number of esters is 1. The van der Waals surface area contributed by atoms with Gasteiger partial charge in [0, 0.05) is 18.1 Å². The van der Waals surface area contributed by atoms with Gasteiger partial charge in [-0.05, 0) is 83.3 Å². The third-order valence-electron chi connectivity index (χ3n) is 4.27. The molecule has 3 rings (SSSR count). The van der Waals surface area contributed by atoms with Crippen molar-refractivity contribution in [1.29, 1.82) is 0 Å². The Balaban J connectivity index is 2.09. The van der Waals surface area contributed by atoms with Crippen LogP contribution < -0.4 is 4.74 Å². The van der Waals surface area contributed by atoms with Gasteiger partial charge in [0.2, 0.25) is 0 Å². The molecule has 0 bridgehead atoms. The Morgan fingerprint density at radius 2 is 1.81 bits per heavy atom. The predicted octanol–water partition coefficient (Wildman–Crippen LogP) is 4.28. The zero-order valence-corrected chi connectivity index (χ0v) is 16.0. The lowest BCUT2D eigenvalue weighted by Gasteiger charge is -2.07. The van der Waals surface area contributed by atoms with Gasteiger partial charge in [-0.3, -0.25) is 4.79 Å². The minimum absolute atomic E-state index is 0.357. The number of allylic oxidation sites excluding steroid dienone is 2. The van der Waals surface area contributed by atoms with E-state index in [0.29, 0.717) is 11.5 Å². The van der Waals surface area contributed by atoms with Gasteiger partial charge in [0.1, 0.15) is 17.8 Å². The van der Waals surface area contributed by atoms with Crippen molar-refractivity contribution in [2.45, 2.75) is 18.7 Å². The summed E-state index contributed by atoms with van der Waals surface area (Å²) >= 11 is -1.00. The van der Waals surface area contributed by atoms with Crippen LogP contribution in [-0.4, -0.2) is 23.9 Å². The van der Waals surface area contributed by atoms with Crippen molar-refractivity contribution in [3.05, 3.63) is 64.7 Å². The number of hydrogen-bond donors (Lipinski definition) is 0. The van der Waals surface area contributed by atoms with Crippen molar-refractivity contribution in [2.24, 2.45) is 0 Å². The van der Waals surface area contributed by atoms with Crippen LogP contribution >= 0.6 is 0 Å². The van der Waals surface area contributed by atoms with Gasteiger partial charge in [0.15, 0.2) is 4.90 Å². The van der Waals surface area contributed by atoms with E-state index >= 15 is 0 Å². The zero-order valence-electron chi connectivity index (χ0n) is 15.2. The largest absolute Gasteiger partial charge is 0.612 e. The van der Waals surface area contributed by atoms with Crippen LogP contribution in [0.4, 0.5) is 0 Å². The maximum absolute atomic E-state index is 11.6. The molecule has 0 saturated carbocycles. The minimum Gasteiger partial charge on any atom is -0.612 e. The monoisotopic (exact) mass is 368 g/mol. The fourth-order valence-electron chi connectivity index (χ4n) is 2.98. The molecule has 0 N–H and O–H groups in total. The van der Waals surface area contributed by atoms with Crippen molar-refractivity contribution in [2.75, 3.05) is 13.4 Å². The number of rotatable bonds is 4. The summed E-state index contributed by atoms with van der Waals surface area (Å²) in [5.74, 6) is 0.908. The SMILES string of the molecule is COc1ccc2c(c1)C(OC(C)=O)=C(C)C2=Cc1ccc([S+](C)[O-])cc1. The Morgan fingerprint density at radius 3 is 2.38 bits per heavy atom. The average Bonchev–Trinajstić information content (AvgIpc) is 2.87. The highest BCUT2D eigenvalue weighted by Crippen LogP contribution is 2.44. The van der Waals surface area contributed by atoms with Crippen molar-refractivity contribution in [3.8, 4) is 5.75 Å². The molecule has 2 aromatic rings. The number of methoxy groups -OCH3 is 1. The molecule has 0 radical (unpaired) electrons. The zero-order chi connectivity index (χ0) is 18.8. The molecule has 0 amide bonds. The summed E-state index contributed by atoms with van der Waals surface area (Å²) in [5, 5.41) is 0. The molecular formula is C21H20O4S. The quantitative estimate of drug-likeness (QED) is 0.597. The van der Waals surface area contributed by atoms with Gasteiger partial charge in [-0.25, -0.2) is 0 Å². The van der Waals surface area contributed by atoms with E-state index in [2.05, 4.69) is 0 Å². The fraction of sp³-hybridized carbons (Fsp3) is 0.190. The highest BCUT2D eigenvalue weighted by atomic mass is 32.2. The first-order valence-electron chi connectivity index (χ1n) is 8.14. The molecule has 26 heavy (non-hydrogen) atoms. The van der Waals surface area contributed by atoms with Crippen molar-refractivity contribution < 1.29 is 18.8 Å². The van der Waals surface area contributed by atoms with Gasteiger partial charge in [0.05, 0.1) is 7.11 Å². The van der Waals surface area contributed by atoms with Gasteiger partial charge in [-0.1, -0.05) is 0 Å². The second-order valence-corrected chi connectivity index (χ2v) is 7.42. The van der Waals surface area contributed by atoms with Gasteiger partial charge >= 0.3 is 5.97 Å². The van der Waals surface area contributed by atoms with E-state index in [1.165, 1.54) is 6.92 Å². The molecule has 1 aliphatic rings. The highest BCUT2D eigenvalue weighted by molar-refractivity contribution is 7.90. The summed E-state index contributed by atoms with van der Waals surface area (Å²) in [7, 11) is 1.61. The average molecular weight is 368 g/mol. The van der Waals surface area contributed by atoms with Crippen LogP contribution in [0, 0.1) is 0 Å². The summed E-state index contributed by atoms with van der Waals surface area (Å²) in [6.07, 6.45) is 3.70. The van der Waals surface area contributed by atoms with E-state index in [4.69, 9.17) is 9.47 Å². The molecule has 0 aromatic heterocycles. The van der Waals surface area contributed by atoms with E-state index in [1.807, 2.05) is 55.5 Å². The molecule has 0 spiro atoms. The molecule has 1 aliphatic carbocycles. The maximum Gasteiger partial charge on any atom is 0.308 e. The summed E-state index contributed by atoms with van der Waals surface area (Å²) < 4.78 is 22.3. The standard InChI is InChI=1S/C21H20O4S/c1-13-19(11-15-5-8-17(9-6-15)26(4)23)18-10-7-16(24-3)12-20(18)21(13)25-14(2)22/h5-12H,1-4H3. The first-order chi connectivity index (χ1) is 12.4. The first-order valence-corrected chi connectivity index (χ1v) is 9.70. The lowest BCUT2D eigenvalue weighted by Crippen LogP contribution is -1.98. The number of ether oxygens (including phenoxy) is 2. The fourth-order valence-corrected chi connectivity index (χ4v) is 3.50. The minimum atomic E-state index is -1.00. The predicted molar refractivity (Wildman–Crippen MR) is 104 cm³/mol. The van der Waals surface area contributed by atoms with Gasteiger partial charge in [0.25, 0.3) is 0 Å². The van der Waals surface area contributed by atoms with E-state index in [0.717, 1.165) is 32.7 Å². The van der Waals surface area contributed by atoms with Crippen LogP contribution in [0.25, 0.3) is 17.4 Å². The third-order valence-corrected chi connectivity index (χ3v) is 5.21. The number of carbonyl (C=O) groups is 1. The summed E-state index contributed by atoms with van der Waals surface area (Å²) in [6, 6.07) is 13.3. The summed E-state index contributed by atoms with van der Waals surface area (Å²) in [6.45, 7) is 3.33. The maximum atomic E-state index is 11.6. The van der Waals surface area contributed by atoms with E-state index in [9.17, 15) is 9.35 Å². The van der Waals surface area contributed by atoms with Crippen LogP contribution in [0.1, 0.15) is 30.5 Å². The van der Waals surface area contributed by atoms with Crippen molar-refractivity contribution in [1.82, 2.24) is 0 Å². The molecule has 0 aliphatic heterocycles. The topological polar surface area (TPSA) is 58.6 Å². The molecule has 1 atom stereocenters. The molecular weight excluding hydrogens is 348 g/mol. The molecule has 0 saturated heterocycles. The molecule has 134 valence electrons. The van der Waals surface area contributed by atoms with Gasteiger partial charge < -0.3 is 14.0 Å². The van der Waals surface area contributed by atoms with E-state index in [1.54, 1.807) is 13.4 Å². The van der Waals surface area contributed by atoms with Gasteiger partial charge in [-0.15, -0.1) is 0 Å². The van der Waals surface area contributed by atoms with Gasteiger partial charge in [-0.2, -0.15) is 0 Å². The molecule has 1 unspecified atom stereocenters. The smallest absolute Gasteiger partial charge is 0.308 e. The van der Waals surface area contributed by atoms with E-state index < -0.39 is 11.2 Å². The van der Waals surface area contributed by atoms with Crippen LogP contribution in [0.15, 0.2) is 52.9 Å². The summed E-state index contributed by atoms with van der Waals surface area (Å²) in [5.41, 5.74) is 4.70. The lowest BCUT2D eigenvalue weighted by atomic mass is 10.0. The molecule has 0 heterocycles. The number of benzene rings is 2. The Bertz CT molecular complexity index is 908. The first kappa shape index (κ1) is 18.3. The van der Waals surface area contributed by atoms with E-state index in [-0.39, 0.29) is 5.97 Å². The Kier molecular flexibility index (Phi) is 5.20. The number of hydrogen-bond acceptors (Lipinski definition) is 4. The molecule has 5 heteroatoms. The molecule has 2 aromatic carbocycles. The Labute approximate surface area is 156 Å². The summed E-state index contributed by atoms with van der Waals surface area (Å²) in [4.78, 5) is 12.3. The Morgan fingerprint density at radius 1 is 1.12 bits per heavy atom. The molecule has 4 nitrogen and oxygen atoms in total. The van der Waals surface area contributed by atoms with Crippen LogP contribution in [-0.2, 0) is 20.7 Å². The highest BCUT2D eigenvalue weighted by Gasteiger charge is 2.26. The normalized spacial score (nSPS) is 15.8. The second-order valence-electron chi connectivity index (χ2n) is 6.04. The molecule has 0 fully saturated rings. The number of carbonyl (C=O) groups excluding carboxylic acids is 1. The second kappa shape index (κ2) is 7.40. The van der Waals surface area contributed by atoms with Crippen molar-refractivity contribution in [3.63, 3.8) is 0 Å². The van der Waals surface area contributed by atoms with Crippen molar-refractivity contribution >= 4 is 34.6 Å².